The predicted octanol–water partition coefficient (Wildman–Crippen LogP) is 14.1. The lowest BCUT2D eigenvalue weighted by atomic mass is 9.62. The van der Waals surface area contributed by atoms with Crippen LogP contribution in [0.4, 0.5) is 17.1 Å². The standard InChI is InChI=1S/C56H36N4O/c1-3-17-38(18-4-1)53-57-54(39-19-5-2-6-20-39)59-55(58-53)40-31-34-43(35-32-40)60-49-27-12-10-24-46(49)56(47-25-11-13-28-50(47)60,42-33-30-37-16-7-8-21-41(37)36-42)48-26-15-23-45-44-22-9-14-29-51(44)61-52(45)48/h1-36H. The second-order valence-corrected chi connectivity index (χ2v) is 15.5. The number of aromatic nitrogens is 3. The lowest BCUT2D eigenvalue weighted by molar-refractivity contribution is 0.643. The van der Waals surface area contributed by atoms with Crippen molar-refractivity contribution in [3.05, 3.63) is 241 Å². The van der Waals surface area contributed by atoms with E-state index in [4.69, 9.17) is 19.4 Å². The first kappa shape index (κ1) is 34.9. The molecule has 0 aliphatic carbocycles. The first-order valence-corrected chi connectivity index (χ1v) is 20.6. The van der Waals surface area contributed by atoms with E-state index in [0.29, 0.717) is 17.5 Å². The van der Waals surface area contributed by atoms with Crippen molar-refractivity contribution in [2.75, 3.05) is 4.90 Å². The molecule has 0 fully saturated rings. The molecule has 0 unspecified atom stereocenters. The Balaban J connectivity index is 1.07. The first-order valence-electron chi connectivity index (χ1n) is 20.6. The Kier molecular flexibility index (Phi) is 8.00. The Bertz CT molecular complexity index is 3330. The van der Waals surface area contributed by atoms with Gasteiger partial charge in [-0.1, -0.05) is 170 Å². The summed E-state index contributed by atoms with van der Waals surface area (Å²) in [6, 6.07) is 77.1. The minimum Gasteiger partial charge on any atom is -0.456 e. The van der Waals surface area contributed by atoms with Crippen LogP contribution in [0.3, 0.4) is 0 Å². The van der Waals surface area contributed by atoms with Crippen LogP contribution in [0.5, 0.6) is 0 Å². The maximum atomic E-state index is 6.91. The molecule has 286 valence electrons. The maximum absolute atomic E-state index is 6.91. The molecule has 61 heavy (non-hydrogen) atoms. The third-order valence-electron chi connectivity index (χ3n) is 12.2. The first-order chi connectivity index (χ1) is 30.2. The Hall–Kier alpha value is -8.15. The van der Waals surface area contributed by atoms with Crippen LogP contribution in [-0.2, 0) is 5.41 Å². The molecule has 0 radical (unpaired) electrons. The molecule has 0 atom stereocenters. The molecule has 11 aromatic rings. The van der Waals surface area contributed by atoms with Gasteiger partial charge >= 0.3 is 0 Å². The largest absolute Gasteiger partial charge is 0.456 e. The van der Waals surface area contributed by atoms with E-state index in [2.05, 4.69) is 157 Å². The third kappa shape index (κ3) is 5.52. The van der Waals surface area contributed by atoms with Gasteiger partial charge in [0, 0.05) is 38.7 Å². The molecular formula is C56H36N4O. The number of para-hydroxylation sites is 4. The molecule has 9 aromatic carbocycles. The Labute approximate surface area is 352 Å². The van der Waals surface area contributed by atoms with Crippen molar-refractivity contribution in [3.8, 4) is 34.2 Å². The number of nitrogens with zero attached hydrogens (tertiary/aromatic N) is 4. The molecule has 1 aliphatic heterocycles. The highest BCUT2D eigenvalue weighted by atomic mass is 16.3. The van der Waals surface area contributed by atoms with Crippen molar-refractivity contribution in [3.63, 3.8) is 0 Å². The third-order valence-corrected chi connectivity index (χ3v) is 12.2. The number of rotatable bonds is 6. The highest BCUT2D eigenvalue weighted by Crippen LogP contribution is 2.59. The van der Waals surface area contributed by atoms with Crippen LogP contribution in [0.2, 0.25) is 0 Å². The van der Waals surface area contributed by atoms with Crippen LogP contribution < -0.4 is 4.90 Å². The minimum absolute atomic E-state index is 0.618. The molecule has 5 nitrogen and oxygen atoms in total. The summed E-state index contributed by atoms with van der Waals surface area (Å²) in [5, 5.41) is 4.60. The molecule has 1 aliphatic rings. The van der Waals surface area contributed by atoms with Crippen LogP contribution in [-0.4, -0.2) is 15.0 Å². The van der Waals surface area contributed by atoms with Crippen molar-refractivity contribution < 1.29 is 4.42 Å². The van der Waals surface area contributed by atoms with Gasteiger partial charge in [0.25, 0.3) is 0 Å². The number of fused-ring (bicyclic) bond motifs is 6. The van der Waals surface area contributed by atoms with Gasteiger partial charge in [-0.2, -0.15) is 0 Å². The highest BCUT2D eigenvalue weighted by molar-refractivity contribution is 6.07. The summed E-state index contributed by atoms with van der Waals surface area (Å²) in [6.45, 7) is 0. The topological polar surface area (TPSA) is 55.1 Å². The van der Waals surface area contributed by atoms with E-state index < -0.39 is 5.41 Å². The number of benzene rings is 9. The number of furan rings is 1. The molecule has 0 spiro atoms. The Morgan fingerprint density at radius 3 is 1.54 bits per heavy atom. The summed E-state index contributed by atoms with van der Waals surface area (Å²) in [4.78, 5) is 17.3. The molecule has 0 N–H and O–H groups in total. The van der Waals surface area contributed by atoms with E-state index in [9.17, 15) is 0 Å². The molecule has 12 rings (SSSR count). The molecule has 3 heterocycles. The second kappa shape index (κ2) is 14.0. The van der Waals surface area contributed by atoms with Crippen LogP contribution in [0.25, 0.3) is 66.9 Å². The number of hydrogen-bond donors (Lipinski definition) is 0. The summed E-state index contributed by atoms with van der Waals surface area (Å²) in [5.74, 6) is 1.89. The summed E-state index contributed by atoms with van der Waals surface area (Å²) in [5.41, 5.74) is 11.6. The molecule has 0 saturated carbocycles. The zero-order valence-electron chi connectivity index (χ0n) is 33.0. The summed E-state index contributed by atoms with van der Waals surface area (Å²) in [6.07, 6.45) is 0. The molecule has 2 aromatic heterocycles. The van der Waals surface area contributed by atoms with E-state index in [0.717, 1.165) is 61.3 Å². The van der Waals surface area contributed by atoms with Crippen molar-refractivity contribution >= 4 is 49.8 Å². The zero-order chi connectivity index (χ0) is 40.3. The minimum atomic E-state index is -0.742. The van der Waals surface area contributed by atoms with Crippen molar-refractivity contribution in [1.29, 1.82) is 0 Å². The van der Waals surface area contributed by atoms with Crippen molar-refractivity contribution in [2.24, 2.45) is 0 Å². The van der Waals surface area contributed by atoms with Gasteiger partial charge in [-0.15, -0.1) is 0 Å². The van der Waals surface area contributed by atoms with Gasteiger partial charge in [-0.05, 0) is 76.0 Å². The number of hydrogen-bond acceptors (Lipinski definition) is 5. The van der Waals surface area contributed by atoms with E-state index in [1.807, 2.05) is 66.7 Å². The van der Waals surface area contributed by atoms with Gasteiger partial charge in [-0.25, -0.2) is 15.0 Å². The average molecular weight is 781 g/mol. The summed E-state index contributed by atoms with van der Waals surface area (Å²) >= 11 is 0. The van der Waals surface area contributed by atoms with E-state index >= 15 is 0 Å². The van der Waals surface area contributed by atoms with Crippen LogP contribution in [0.15, 0.2) is 223 Å². The van der Waals surface area contributed by atoms with E-state index in [-0.39, 0.29) is 0 Å². The van der Waals surface area contributed by atoms with E-state index in [1.54, 1.807) is 0 Å². The maximum Gasteiger partial charge on any atom is 0.164 e. The number of anilines is 3. The molecule has 0 saturated heterocycles. The second-order valence-electron chi connectivity index (χ2n) is 15.5. The molecule has 0 bridgehead atoms. The molecular weight excluding hydrogens is 745 g/mol. The smallest absolute Gasteiger partial charge is 0.164 e. The zero-order valence-corrected chi connectivity index (χ0v) is 33.0. The van der Waals surface area contributed by atoms with Crippen LogP contribution >= 0.6 is 0 Å². The predicted molar refractivity (Wildman–Crippen MR) is 247 cm³/mol. The van der Waals surface area contributed by atoms with Gasteiger partial charge in [0.1, 0.15) is 11.2 Å². The monoisotopic (exact) mass is 780 g/mol. The molecule has 5 heteroatoms. The summed E-state index contributed by atoms with van der Waals surface area (Å²) < 4.78 is 6.91. The highest BCUT2D eigenvalue weighted by Gasteiger charge is 2.48. The van der Waals surface area contributed by atoms with Gasteiger partial charge in [0.15, 0.2) is 17.5 Å². The fraction of sp³-hybridized carbons (Fsp3) is 0.0179. The lowest BCUT2D eigenvalue weighted by Gasteiger charge is -2.46. The quantitative estimate of drug-likeness (QED) is 0.168. The fourth-order valence-corrected chi connectivity index (χ4v) is 9.44. The lowest BCUT2D eigenvalue weighted by Crippen LogP contribution is -2.37. The fourth-order valence-electron chi connectivity index (χ4n) is 9.44. The van der Waals surface area contributed by atoms with Crippen molar-refractivity contribution in [1.82, 2.24) is 15.0 Å². The van der Waals surface area contributed by atoms with Gasteiger partial charge in [-0.3, -0.25) is 0 Å². The van der Waals surface area contributed by atoms with E-state index in [1.165, 1.54) is 27.5 Å². The SMILES string of the molecule is c1ccc(-c2nc(-c3ccccc3)nc(-c3ccc(N4c5ccccc5C(c5ccc6ccccc6c5)(c5cccc6c5oc5ccccc56)c5ccccc54)cc3)n2)cc1. The Morgan fingerprint density at radius 1 is 0.377 bits per heavy atom. The van der Waals surface area contributed by atoms with Crippen LogP contribution in [0, 0.1) is 0 Å². The Morgan fingerprint density at radius 2 is 0.885 bits per heavy atom. The van der Waals surface area contributed by atoms with Gasteiger partial charge in [0.05, 0.1) is 16.8 Å². The van der Waals surface area contributed by atoms with Gasteiger partial charge in [0.2, 0.25) is 0 Å². The van der Waals surface area contributed by atoms with Crippen LogP contribution in [0.1, 0.15) is 22.3 Å². The van der Waals surface area contributed by atoms with Gasteiger partial charge < -0.3 is 9.32 Å². The summed E-state index contributed by atoms with van der Waals surface area (Å²) in [7, 11) is 0. The molecule has 0 amide bonds. The normalized spacial score (nSPS) is 13.0. The average Bonchev–Trinajstić information content (AvgIpc) is 3.73. The van der Waals surface area contributed by atoms with Crippen molar-refractivity contribution in [2.45, 2.75) is 5.41 Å².